The predicted molar refractivity (Wildman–Crippen MR) is 237 cm³/mol. The summed E-state index contributed by atoms with van der Waals surface area (Å²) in [5.74, 6) is -0.653. The molecule has 0 radical (unpaired) electrons. The molecule has 23 heteroatoms. The number of thioether (sulfide) groups is 2. The van der Waals surface area contributed by atoms with E-state index in [1.807, 2.05) is 67.6 Å². The zero-order valence-corrected chi connectivity index (χ0v) is 37.1. The topological polar surface area (TPSA) is 270 Å². The molecule has 4 heterocycles. The number of fused-ring (bicyclic) bond motifs is 1. The van der Waals surface area contributed by atoms with Crippen molar-refractivity contribution in [2.24, 2.45) is 7.05 Å². The van der Waals surface area contributed by atoms with Crippen molar-refractivity contribution < 1.29 is 46.4 Å². The summed E-state index contributed by atoms with van der Waals surface area (Å²) >= 11 is 2.65. The van der Waals surface area contributed by atoms with Gasteiger partial charge in [0.1, 0.15) is 17.5 Å². The highest BCUT2D eigenvalue weighted by Gasteiger charge is 2.54. The SMILES string of the molecule is Cc1ccc(S(=O)(=O)O)cc1.Cn1nnnc1SCC1=C(OC(=O)OC(c2ccccc2)c2ccccc2)N2C(=O)[C@@H](NC(=O)[C@H](NC(=O)N3CCNC3=O)c3ccc(N)cc3)[C@@H]2SC1. The molecule has 20 nitrogen and oxygen atoms in total. The second kappa shape index (κ2) is 20.3. The highest BCUT2D eigenvalue weighted by molar-refractivity contribution is 8.01. The lowest BCUT2D eigenvalue weighted by atomic mass is 10.0. The van der Waals surface area contributed by atoms with Gasteiger partial charge >= 0.3 is 18.2 Å². The number of nitrogens with two attached hydrogens (primary N) is 1. The summed E-state index contributed by atoms with van der Waals surface area (Å²) in [5, 5.41) is 19.3. The van der Waals surface area contributed by atoms with Crippen molar-refractivity contribution in [2.45, 2.75) is 40.5 Å². The molecule has 1 aromatic heterocycles. The van der Waals surface area contributed by atoms with Crippen molar-refractivity contribution in [2.75, 3.05) is 30.3 Å². The first kappa shape index (κ1) is 46.1. The number of urea groups is 2. The van der Waals surface area contributed by atoms with Crippen molar-refractivity contribution in [1.29, 1.82) is 0 Å². The normalized spacial score (nSPS) is 17.2. The van der Waals surface area contributed by atoms with Gasteiger partial charge < -0.3 is 31.2 Å². The summed E-state index contributed by atoms with van der Waals surface area (Å²) in [4.78, 5) is 68.9. The molecule has 3 aliphatic rings. The fraction of sp³-hybridized carbons (Fsp3) is 0.238. The van der Waals surface area contributed by atoms with E-state index in [-0.39, 0.29) is 29.6 Å². The number of anilines is 1. The molecule has 3 aliphatic heterocycles. The largest absolute Gasteiger partial charge is 0.516 e. The number of aromatic nitrogens is 4. The van der Waals surface area contributed by atoms with Crippen molar-refractivity contribution >= 4 is 69.4 Å². The Morgan fingerprint density at radius 1 is 0.954 bits per heavy atom. The third kappa shape index (κ3) is 11.1. The van der Waals surface area contributed by atoms with Gasteiger partial charge in [0.2, 0.25) is 16.9 Å². The van der Waals surface area contributed by atoms with Crippen molar-refractivity contribution in [3.8, 4) is 0 Å². The first-order valence-electron chi connectivity index (χ1n) is 19.7. The number of hydrogen-bond acceptors (Lipinski definition) is 15. The molecule has 5 aromatic rings. The Hall–Kier alpha value is -6.95. The lowest BCUT2D eigenvalue weighted by Gasteiger charge is -2.49. The summed E-state index contributed by atoms with van der Waals surface area (Å²) < 4.78 is 42.9. The maximum absolute atomic E-state index is 13.9. The Bertz CT molecular complexity index is 2650. The molecule has 3 atom stereocenters. The number of ether oxygens (including phenoxy) is 2. The number of rotatable bonds is 12. The van der Waals surface area contributed by atoms with E-state index in [2.05, 4.69) is 31.5 Å². The summed E-state index contributed by atoms with van der Waals surface area (Å²) in [7, 11) is -2.33. The van der Waals surface area contributed by atoms with Crippen LogP contribution >= 0.6 is 23.5 Å². The van der Waals surface area contributed by atoms with Crippen LogP contribution in [0.5, 0.6) is 0 Å². The van der Waals surface area contributed by atoms with Crippen molar-refractivity contribution in [3.05, 3.63) is 143 Å². The summed E-state index contributed by atoms with van der Waals surface area (Å²) in [6.45, 7) is 2.24. The second-order valence-corrected chi connectivity index (χ2v) is 18.0. The molecular weight excluding hydrogens is 901 g/mol. The Morgan fingerprint density at radius 2 is 1.60 bits per heavy atom. The summed E-state index contributed by atoms with van der Waals surface area (Å²) in [6.07, 6.45) is -1.84. The fourth-order valence-corrected chi connectivity index (χ4v) is 9.49. The molecular formula is C42H42N10O10S3. The second-order valence-electron chi connectivity index (χ2n) is 14.6. The average Bonchev–Trinajstić information content (AvgIpc) is 3.93. The molecule has 8 rings (SSSR count). The maximum atomic E-state index is 13.9. The molecule has 6 amide bonds. The van der Waals surface area contributed by atoms with Crippen LogP contribution in [0, 0.1) is 6.92 Å². The Kier molecular flexibility index (Phi) is 14.4. The number of imide groups is 1. The highest BCUT2D eigenvalue weighted by Crippen LogP contribution is 2.42. The van der Waals surface area contributed by atoms with Gasteiger partial charge in [0.25, 0.3) is 16.0 Å². The number of nitrogens with zero attached hydrogens (tertiary/aromatic N) is 6. The lowest BCUT2D eigenvalue weighted by molar-refractivity contribution is -0.149. The van der Waals surface area contributed by atoms with Gasteiger partial charge in [0.05, 0.1) is 4.90 Å². The molecule has 4 aromatic carbocycles. The molecule has 65 heavy (non-hydrogen) atoms. The van der Waals surface area contributed by atoms with Gasteiger partial charge in [-0.1, -0.05) is 102 Å². The molecule has 6 N–H and O–H groups in total. The number of aryl methyl sites for hydroxylation is 2. The number of nitrogens with one attached hydrogen (secondary N) is 3. The highest BCUT2D eigenvalue weighted by atomic mass is 32.2. The van der Waals surface area contributed by atoms with E-state index in [0.29, 0.717) is 38.9 Å². The molecule has 2 fully saturated rings. The van der Waals surface area contributed by atoms with Gasteiger partial charge in [-0.05, 0) is 58.3 Å². The van der Waals surface area contributed by atoms with E-state index >= 15 is 0 Å². The third-order valence-corrected chi connectivity index (χ3v) is 13.4. The first-order valence-corrected chi connectivity index (χ1v) is 23.2. The molecule has 2 saturated heterocycles. The van der Waals surface area contributed by atoms with Crippen LogP contribution in [0.2, 0.25) is 0 Å². The molecule has 0 saturated carbocycles. The number of carbonyl (C=O) groups is 5. The van der Waals surface area contributed by atoms with Crippen molar-refractivity contribution in [3.63, 3.8) is 0 Å². The van der Waals surface area contributed by atoms with Gasteiger partial charge in [-0.15, -0.1) is 16.9 Å². The molecule has 0 bridgehead atoms. The molecule has 338 valence electrons. The minimum Gasteiger partial charge on any atom is -0.421 e. The van der Waals surface area contributed by atoms with Crippen LogP contribution < -0.4 is 21.7 Å². The minimum atomic E-state index is -4.02. The fourth-order valence-electron chi connectivity index (χ4n) is 6.71. The average molecular weight is 943 g/mol. The molecule has 0 spiro atoms. The number of benzene rings is 4. The number of nitrogen functional groups attached to an aromatic ring is 1. The van der Waals surface area contributed by atoms with Crippen LogP contribution in [0.4, 0.5) is 20.1 Å². The van der Waals surface area contributed by atoms with Crippen LogP contribution in [0.15, 0.2) is 131 Å². The van der Waals surface area contributed by atoms with E-state index < -0.39 is 63.7 Å². The van der Waals surface area contributed by atoms with Gasteiger partial charge in [-0.3, -0.25) is 19.0 Å². The van der Waals surface area contributed by atoms with Gasteiger partial charge in [0, 0.05) is 42.9 Å². The third-order valence-electron chi connectivity index (χ3n) is 10.1. The Morgan fingerprint density at radius 3 is 2.17 bits per heavy atom. The zero-order chi connectivity index (χ0) is 46.3. The number of hydrogen-bond donors (Lipinski definition) is 5. The van der Waals surface area contributed by atoms with E-state index in [4.69, 9.17) is 19.8 Å². The number of amides is 6. The quantitative estimate of drug-likeness (QED) is 0.0386. The standard InChI is InChI=1S/C35H34N10O7S2.C7H8O3S/c1-43-34(40-41-42-43)54-19-23-18-53-31-26(38-28(46)25(20-12-14-24(36)15-13-20)39-33(49)44-17-16-37-32(44)48)29(47)45(31)30(23)52-35(50)51-27(21-8-4-2-5-9-21)22-10-6-3-7-11-22;1-6-2-4-7(5-3-6)11(8,9)10/h2-15,25-27,31H,16-19,36H2,1H3,(H,37,48)(H,38,46)(H,39,49);2-5H,1H3,(H,8,9,10)/t25-,26-,31+;/m1./s1. The number of tetrazole rings is 1. The maximum Gasteiger partial charge on any atom is 0.516 e. The van der Waals surface area contributed by atoms with E-state index in [0.717, 1.165) is 10.5 Å². The van der Waals surface area contributed by atoms with Gasteiger partial charge in [-0.25, -0.2) is 24.0 Å². The van der Waals surface area contributed by atoms with Gasteiger partial charge in [0.15, 0.2) is 6.10 Å². The smallest absolute Gasteiger partial charge is 0.421 e. The van der Waals surface area contributed by atoms with Crippen molar-refractivity contribution in [1.82, 2.24) is 46.0 Å². The minimum absolute atomic E-state index is 0.00909. The molecule has 0 aliphatic carbocycles. The van der Waals surface area contributed by atoms with E-state index in [9.17, 15) is 32.4 Å². The van der Waals surface area contributed by atoms with Crippen LogP contribution in [0.25, 0.3) is 0 Å². The number of β-lactam (4-membered cyclic amide) rings is 1. The van der Waals surface area contributed by atoms with E-state index in [1.165, 1.54) is 45.2 Å². The summed E-state index contributed by atoms with van der Waals surface area (Å²) in [6, 6.07) is 27.0. The Labute approximate surface area is 381 Å². The van der Waals surface area contributed by atoms with E-state index in [1.54, 1.807) is 43.4 Å². The van der Waals surface area contributed by atoms with Gasteiger partial charge in [-0.2, -0.15) is 8.42 Å². The summed E-state index contributed by atoms with van der Waals surface area (Å²) in [5.41, 5.74) is 9.67. The molecule has 0 unspecified atom stereocenters. The van der Waals surface area contributed by atoms with Crippen LogP contribution in [-0.4, -0.2) is 109 Å². The van der Waals surface area contributed by atoms with Crippen LogP contribution in [0.1, 0.15) is 34.4 Å². The zero-order valence-electron chi connectivity index (χ0n) is 34.6. The van der Waals surface area contributed by atoms with Crippen LogP contribution in [0.3, 0.4) is 0 Å². The number of carbonyl (C=O) groups excluding carboxylic acids is 5. The van der Waals surface area contributed by atoms with Crippen LogP contribution in [-0.2, 0) is 36.2 Å². The predicted octanol–water partition coefficient (Wildman–Crippen LogP) is 4.16. The first-order chi connectivity index (χ1) is 31.2. The Balaban J connectivity index is 0.000000502. The monoisotopic (exact) mass is 942 g/mol. The lowest BCUT2D eigenvalue weighted by Crippen LogP contribution is -2.71.